The molecule has 0 saturated heterocycles. The number of nitrogens with two attached hydrogens (primary N) is 1. The summed E-state index contributed by atoms with van der Waals surface area (Å²) in [5.41, 5.74) is 5.84. The van der Waals surface area contributed by atoms with Crippen LogP contribution in [0.1, 0.15) is 16.8 Å². The Bertz CT molecular complexity index is 378. The van der Waals surface area contributed by atoms with Crippen molar-refractivity contribution in [3.63, 3.8) is 0 Å². The Hall–Kier alpha value is -1.42. The van der Waals surface area contributed by atoms with E-state index in [1.54, 1.807) is 0 Å². The van der Waals surface area contributed by atoms with E-state index in [9.17, 15) is 9.18 Å². The Balaban J connectivity index is 2.50. The summed E-state index contributed by atoms with van der Waals surface area (Å²) in [6.07, 6.45) is 0.467. The molecular weight excluding hydrogens is 185 g/mol. The Labute approximate surface area is 80.7 Å². The van der Waals surface area contributed by atoms with Gasteiger partial charge in [0.2, 0.25) is 0 Å². The lowest BCUT2D eigenvalue weighted by molar-refractivity contribution is 0.0960. The molecule has 4 heteroatoms. The zero-order valence-electron chi connectivity index (χ0n) is 7.50. The predicted molar refractivity (Wildman–Crippen MR) is 48.8 cm³/mol. The molecule has 1 aromatic rings. The quantitative estimate of drug-likeness (QED) is 0.674. The van der Waals surface area contributed by atoms with Gasteiger partial charge in [0, 0.05) is 6.42 Å². The van der Waals surface area contributed by atoms with Crippen molar-refractivity contribution < 1.29 is 13.9 Å². The summed E-state index contributed by atoms with van der Waals surface area (Å²) in [4.78, 5) is 11.6. The molecule has 0 bridgehead atoms. The second-order valence-electron chi connectivity index (χ2n) is 3.25. The fourth-order valence-corrected chi connectivity index (χ4v) is 1.45. The van der Waals surface area contributed by atoms with Crippen molar-refractivity contribution in [2.24, 2.45) is 5.73 Å². The zero-order valence-corrected chi connectivity index (χ0v) is 7.50. The minimum atomic E-state index is -0.585. The van der Waals surface area contributed by atoms with Crippen molar-refractivity contribution in [2.45, 2.75) is 12.5 Å². The predicted octanol–water partition coefficient (Wildman–Crippen LogP) is 1.12. The number of Topliss-reactive ketones (excluding diaryl/α,β-unsaturated/α-hetero) is 1. The number of hydrogen-bond donors (Lipinski definition) is 1. The number of fused-ring (bicyclic) bond motifs is 1. The molecule has 1 heterocycles. The largest absolute Gasteiger partial charge is 0.493 e. The molecule has 0 amide bonds. The third-order valence-electron chi connectivity index (χ3n) is 2.23. The maximum Gasteiger partial charge on any atom is 0.183 e. The highest BCUT2D eigenvalue weighted by molar-refractivity contribution is 6.02. The van der Waals surface area contributed by atoms with Gasteiger partial charge in [-0.15, -0.1) is 0 Å². The van der Waals surface area contributed by atoms with Crippen LogP contribution >= 0.6 is 0 Å². The molecule has 2 N–H and O–H groups in total. The molecular formula is C10H10FNO2. The fraction of sp³-hybridized carbons (Fsp3) is 0.300. The number of carbonyl (C=O) groups excluding carboxylic acids is 1. The normalized spacial score (nSPS) is 21.0. The molecule has 0 fully saturated rings. The smallest absolute Gasteiger partial charge is 0.183 e. The molecule has 1 atom stereocenters. The Kier molecular flexibility index (Phi) is 2.21. The first kappa shape index (κ1) is 9.15. The van der Waals surface area contributed by atoms with Crippen LogP contribution in [0, 0.1) is 5.82 Å². The van der Waals surface area contributed by atoms with E-state index in [0.29, 0.717) is 18.8 Å². The number of benzene rings is 1. The third-order valence-corrected chi connectivity index (χ3v) is 2.23. The van der Waals surface area contributed by atoms with Gasteiger partial charge < -0.3 is 10.5 Å². The standard InChI is InChI=1S/C10H10FNO2/c11-6-1-2-9-7(5-6)10(13)8(12)3-4-14-9/h1-2,5,8H,3-4,12H2/t8-/m1/s1. The highest BCUT2D eigenvalue weighted by atomic mass is 19.1. The van der Waals surface area contributed by atoms with Gasteiger partial charge in [-0.25, -0.2) is 4.39 Å². The van der Waals surface area contributed by atoms with Gasteiger partial charge in [-0.1, -0.05) is 0 Å². The van der Waals surface area contributed by atoms with Gasteiger partial charge in [-0.3, -0.25) is 4.79 Å². The Morgan fingerprint density at radius 1 is 1.50 bits per heavy atom. The van der Waals surface area contributed by atoms with Crippen molar-refractivity contribution in [2.75, 3.05) is 6.61 Å². The summed E-state index contributed by atoms with van der Waals surface area (Å²) in [6, 6.07) is 3.31. The lowest BCUT2D eigenvalue weighted by Crippen LogP contribution is -2.30. The van der Waals surface area contributed by atoms with Gasteiger partial charge >= 0.3 is 0 Å². The number of halogens is 1. The molecule has 1 aromatic carbocycles. The fourth-order valence-electron chi connectivity index (χ4n) is 1.45. The first-order chi connectivity index (χ1) is 6.68. The number of rotatable bonds is 0. The molecule has 1 aliphatic heterocycles. The van der Waals surface area contributed by atoms with E-state index in [1.807, 2.05) is 0 Å². The topological polar surface area (TPSA) is 52.3 Å². The van der Waals surface area contributed by atoms with E-state index in [1.165, 1.54) is 18.2 Å². The average molecular weight is 195 g/mol. The van der Waals surface area contributed by atoms with Crippen molar-refractivity contribution in [3.05, 3.63) is 29.6 Å². The summed E-state index contributed by atoms with van der Waals surface area (Å²) in [5, 5.41) is 0. The van der Waals surface area contributed by atoms with Crippen LogP contribution in [-0.4, -0.2) is 18.4 Å². The lowest BCUT2D eigenvalue weighted by Gasteiger charge is -2.05. The molecule has 14 heavy (non-hydrogen) atoms. The summed E-state index contributed by atoms with van der Waals surface area (Å²) in [5.74, 6) is -0.281. The molecule has 1 aliphatic rings. The SMILES string of the molecule is N[C@@H]1CCOc2ccc(F)cc2C1=O. The second-order valence-corrected chi connectivity index (χ2v) is 3.25. The van der Waals surface area contributed by atoms with Crippen molar-refractivity contribution in [1.82, 2.24) is 0 Å². The summed E-state index contributed by atoms with van der Waals surface area (Å²) in [7, 11) is 0. The van der Waals surface area contributed by atoms with Crippen LogP contribution in [0.15, 0.2) is 18.2 Å². The van der Waals surface area contributed by atoms with Crippen molar-refractivity contribution in [3.8, 4) is 5.75 Å². The van der Waals surface area contributed by atoms with Gasteiger partial charge in [0.1, 0.15) is 11.6 Å². The van der Waals surface area contributed by atoms with E-state index >= 15 is 0 Å². The molecule has 0 unspecified atom stereocenters. The molecule has 0 saturated carbocycles. The first-order valence-corrected chi connectivity index (χ1v) is 4.40. The van der Waals surface area contributed by atoms with Crippen LogP contribution in [0.4, 0.5) is 4.39 Å². The van der Waals surface area contributed by atoms with Gasteiger partial charge in [-0.05, 0) is 18.2 Å². The lowest BCUT2D eigenvalue weighted by atomic mass is 10.0. The molecule has 2 rings (SSSR count). The maximum atomic E-state index is 12.9. The van der Waals surface area contributed by atoms with E-state index < -0.39 is 11.9 Å². The molecule has 74 valence electrons. The van der Waals surface area contributed by atoms with Crippen LogP contribution in [0.3, 0.4) is 0 Å². The van der Waals surface area contributed by atoms with Crippen LogP contribution in [-0.2, 0) is 0 Å². The van der Waals surface area contributed by atoms with Crippen LogP contribution < -0.4 is 10.5 Å². The van der Waals surface area contributed by atoms with Crippen LogP contribution in [0.25, 0.3) is 0 Å². The second kappa shape index (κ2) is 3.38. The van der Waals surface area contributed by atoms with Gasteiger partial charge in [0.05, 0.1) is 18.2 Å². The number of hydrogen-bond acceptors (Lipinski definition) is 3. The third kappa shape index (κ3) is 1.48. The van der Waals surface area contributed by atoms with Crippen molar-refractivity contribution >= 4 is 5.78 Å². The Morgan fingerprint density at radius 3 is 3.07 bits per heavy atom. The Morgan fingerprint density at radius 2 is 2.29 bits per heavy atom. The van der Waals surface area contributed by atoms with Gasteiger partial charge in [0.15, 0.2) is 5.78 Å². The highest BCUT2D eigenvalue weighted by Gasteiger charge is 2.23. The summed E-state index contributed by atoms with van der Waals surface area (Å²) < 4.78 is 18.2. The summed E-state index contributed by atoms with van der Waals surface area (Å²) in [6.45, 7) is 0.394. The van der Waals surface area contributed by atoms with E-state index in [4.69, 9.17) is 10.5 Å². The number of ether oxygens (including phenoxy) is 1. The minimum absolute atomic E-state index is 0.245. The maximum absolute atomic E-state index is 12.9. The molecule has 0 aliphatic carbocycles. The highest BCUT2D eigenvalue weighted by Crippen LogP contribution is 2.24. The van der Waals surface area contributed by atoms with Crippen molar-refractivity contribution in [1.29, 1.82) is 0 Å². The summed E-state index contributed by atoms with van der Waals surface area (Å²) >= 11 is 0. The first-order valence-electron chi connectivity index (χ1n) is 4.40. The number of ketones is 1. The molecule has 3 nitrogen and oxygen atoms in total. The van der Waals surface area contributed by atoms with Gasteiger partial charge in [-0.2, -0.15) is 0 Å². The van der Waals surface area contributed by atoms with E-state index in [0.717, 1.165) is 0 Å². The molecule has 0 aromatic heterocycles. The van der Waals surface area contributed by atoms with Crippen LogP contribution in [0.5, 0.6) is 5.75 Å². The molecule has 0 radical (unpaired) electrons. The molecule has 0 spiro atoms. The minimum Gasteiger partial charge on any atom is -0.493 e. The van der Waals surface area contributed by atoms with Crippen LogP contribution in [0.2, 0.25) is 0 Å². The average Bonchev–Trinajstić information content (AvgIpc) is 2.30. The van der Waals surface area contributed by atoms with Gasteiger partial charge in [0.25, 0.3) is 0 Å². The zero-order chi connectivity index (χ0) is 10.1. The monoisotopic (exact) mass is 195 g/mol. The van der Waals surface area contributed by atoms with E-state index in [-0.39, 0.29) is 11.3 Å². The number of carbonyl (C=O) groups is 1. The van der Waals surface area contributed by atoms with E-state index in [2.05, 4.69) is 0 Å².